The fourth-order valence-electron chi connectivity index (χ4n) is 4.54. The molecule has 4 aromatic rings. The van der Waals surface area contributed by atoms with E-state index in [0.717, 1.165) is 57.8 Å². The highest BCUT2D eigenvalue weighted by Gasteiger charge is 2.23. The van der Waals surface area contributed by atoms with Gasteiger partial charge in [-0.2, -0.15) is 0 Å². The maximum Gasteiger partial charge on any atom is 0.332 e. The van der Waals surface area contributed by atoms with Crippen molar-refractivity contribution in [2.24, 2.45) is 0 Å². The molecule has 2 heterocycles. The minimum Gasteiger partial charge on any atom is -0.383 e. The van der Waals surface area contributed by atoms with Crippen molar-refractivity contribution in [3.63, 3.8) is 0 Å². The van der Waals surface area contributed by atoms with Crippen LogP contribution in [0.25, 0.3) is 21.0 Å². The highest BCUT2D eigenvalue weighted by molar-refractivity contribution is 7.18. The summed E-state index contributed by atoms with van der Waals surface area (Å²) in [7, 11) is 1.59. The zero-order valence-electron chi connectivity index (χ0n) is 17.0. The standard InChI is InChI=1S/C24H24N2O3S/c1-29-14-13-25-22(27)21-19-11-4-5-12-20(19)30-23(21)26(24(25)28)15-17-9-6-8-16-7-2-3-10-18(16)17/h2-3,6-10H,4-5,11-15H2,1H3. The topological polar surface area (TPSA) is 53.2 Å². The van der Waals surface area contributed by atoms with E-state index in [9.17, 15) is 9.59 Å². The fourth-order valence-corrected chi connectivity index (χ4v) is 5.91. The van der Waals surface area contributed by atoms with E-state index in [1.165, 1.54) is 9.44 Å². The number of rotatable bonds is 5. The summed E-state index contributed by atoms with van der Waals surface area (Å²) in [6.07, 6.45) is 4.15. The molecule has 0 unspecified atom stereocenters. The van der Waals surface area contributed by atoms with Gasteiger partial charge in [0.1, 0.15) is 4.83 Å². The molecule has 6 heteroatoms. The summed E-state index contributed by atoms with van der Waals surface area (Å²) >= 11 is 1.63. The van der Waals surface area contributed by atoms with Crippen LogP contribution in [0.4, 0.5) is 0 Å². The number of nitrogens with zero attached hydrogens (tertiary/aromatic N) is 2. The highest BCUT2D eigenvalue weighted by Crippen LogP contribution is 2.34. The first kappa shape index (κ1) is 19.3. The normalized spacial score (nSPS) is 13.8. The van der Waals surface area contributed by atoms with Crippen LogP contribution >= 0.6 is 11.3 Å². The first-order valence-electron chi connectivity index (χ1n) is 10.4. The van der Waals surface area contributed by atoms with E-state index in [0.29, 0.717) is 13.2 Å². The van der Waals surface area contributed by atoms with Crippen molar-refractivity contribution in [3.05, 3.63) is 79.3 Å². The maximum atomic E-state index is 13.4. The molecular weight excluding hydrogens is 396 g/mol. The van der Waals surface area contributed by atoms with Crippen LogP contribution in [-0.4, -0.2) is 22.9 Å². The number of hydrogen-bond acceptors (Lipinski definition) is 4. The molecule has 5 rings (SSSR count). The fraction of sp³-hybridized carbons (Fsp3) is 0.333. The molecule has 0 saturated heterocycles. The van der Waals surface area contributed by atoms with Crippen molar-refractivity contribution in [3.8, 4) is 0 Å². The molecule has 0 fully saturated rings. The first-order chi connectivity index (χ1) is 14.7. The lowest BCUT2D eigenvalue weighted by atomic mass is 9.97. The number of benzene rings is 2. The second kappa shape index (κ2) is 7.85. The van der Waals surface area contributed by atoms with Crippen LogP contribution in [0.5, 0.6) is 0 Å². The molecule has 1 aliphatic carbocycles. The summed E-state index contributed by atoms with van der Waals surface area (Å²) in [5.74, 6) is 0. The average Bonchev–Trinajstić information content (AvgIpc) is 3.16. The van der Waals surface area contributed by atoms with E-state index in [2.05, 4.69) is 24.3 Å². The van der Waals surface area contributed by atoms with Gasteiger partial charge in [0.2, 0.25) is 0 Å². The van der Waals surface area contributed by atoms with E-state index in [4.69, 9.17) is 4.74 Å². The van der Waals surface area contributed by atoms with E-state index >= 15 is 0 Å². The Hall–Kier alpha value is -2.70. The minimum absolute atomic E-state index is 0.166. The SMILES string of the molecule is COCCn1c(=O)c2c3c(sc2n(Cc2cccc4ccccc24)c1=O)CCCC3. The lowest BCUT2D eigenvalue weighted by molar-refractivity contribution is 0.184. The summed E-state index contributed by atoms with van der Waals surface area (Å²) in [6, 6.07) is 14.4. The minimum atomic E-state index is -0.254. The molecule has 154 valence electrons. The number of methoxy groups -OCH3 is 1. The Balaban J connectivity index is 1.77. The number of fused-ring (bicyclic) bond motifs is 4. The molecule has 0 N–H and O–H groups in total. The number of hydrogen-bond donors (Lipinski definition) is 0. The van der Waals surface area contributed by atoms with Gasteiger partial charge >= 0.3 is 5.69 Å². The summed E-state index contributed by atoms with van der Waals surface area (Å²) < 4.78 is 8.33. The lowest BCUT2D eigenvalue weighted by Gasteiger charge is -2.14. The van der Waals surface area contributed by atoms with Gasteiger partial charge in [-0.05, 0) is 47.6 Å². The van der Waals surface area contributed by atoms with Gasteiger partial charge in [-0.1, -0.05) is 42.5 Å². The summed E-state index contributed by atoms with van der Waals surface area (Å²) in [6.45, 7) is 1.05. The first-order valence-corrected chi connectivity index (χ1v) is 11.2. The third kappa shape index (κ3) is 3.11. The van der Waals surface area contributed by atoms with Crippen LogP contribution in [0, 0.1) is 0 Å². The van der Waals surface area contributed by atoms with Crippen molar-refractivity contribution in [1.82, 2.24) is 9.13 Å². The van der Waals surface area contributed by atoms with Crippen molar-refractivity contribution < 1.29 is 4.74 Å². The van der Waals surface area contributed by atoms with E-state index in [-0.39, 0.29) is 17.8 Å². The van der Waals surface area contributed by atoms with Gasteiger partial charge in [0, 0.05) is 12.0 Å². The van der Waals surface area contributed by atoms with Crippen LogP contribution in [0.1, 0.15) is 28.8 Å². The maximum absolute atomic E-state index is 13.4. The molecule has 30 heavy (non-hydrogen) atoms. The Morgan fingerprint density at radius 3 is 2.67 bits per heavy atom. The molecule has 0 aliphatic heterocycles. The largest absolute Gasteiger partial charge is 0.383 e. The number of thiophene rings is 1. The zero-order valence-corrected chi connectivity index (χ0v) is 17.8. The number of aromatic nitrogens is 2. The molecule has 0 radical (unpaired) electrons. The van der Waals surface area contributed by atoms with Crippen molar-refractivity contribution in [1.29, 1.82) is 0 Å². The smallest absolute Gasteiger partial charge is 0.332 e. The molecule has 2 aromatic heterocycles. The molecule has 2 aromatic carbocycles. The Bertz CT molecular complexity index is 1360. The van der Waals surface area contributed by atoms with Gasteiger partial charge in [0.05, 0.1) is 25.1 Å². The molecule has 0 atom stereocenters. The van der Waals surface area contributed by atoms with Crippen LogP contribution in [-0.2, 0) is 30.7 Å². The molecule has 1 aliphatic rings. The molecule has 5 nitrogen and oxygen atoms in total. The molecule has 0 saturated carbocycles. The van der Waals surface area contributed by atoms with E-state index in [1.807, 2.05) is 18.2 Å². The Morgan fingerprint density at radius 2 is 1.80 bits per heavy atom. The summed E-state index contributed by atoms with van der Waals surface area (Å²) in [4.78, 5) is 28.8. The van der Waals surface area contributed by atoms with Crippen molar-refractivity contribution >= 4 is 32.3 Å². The third-order valence-electron chi connectivity index (χ3n) is 6.05. The molecule has 0 spiro atoms. The second-order valence-electron chi connectivity index (χ2n) is 7.85. The summed E-state index contributed by atoms with van der Waals surface area (Å²) in [5, 5.41) is 3.03. The van der Waals surface area contributed by atoms with E-state index < -0.39 is 0 Å². The number of aryl methyl sites for hydroxylation is 2. The Kier molecular flexibility index (Phi) is 5.05. The second-order valence-corrected chi connectivity index (χ2v) is 8.93. The predicted octanol–water partition coefficient (Wildman–Crippen LogP) is 3.95. The van der Waals surface area contributed by atoms with Gasteiger partial charge < -0.3 is 4.74 Å². The monoisotopic (exact) mass is 420 g/mol. The molecule has 0 bridgehead atoms. The predicted molar refractivity (Wildman–Crippen MR) is 122 cm³/mol. The summed E-state index contributed by atoms with van der Waals surface area (Å²) in [5.41, 5.74) is 1.82. The third-order valence-corrected chi connectivity index (χ3v) is 7.36. The van der Waals surface area contributed by atoms with Crippen LogP contribution in [0.2, 0.25) is 0 Å². The Morgan fingerprint density at radius 1 is 1.00 bits per heavy atom. The van der Waals surface area contributed by atoms with Crippen LogP contribution in [0.3, 0.4) is 0 Å². The van der Waals surface area contributed by atoms with Crippen LogP contribution in [0.15, 0.2) is 52.1 Å². The van der Waals surface area contributed by atoms with Gasteiger partial charge in [0.25, 0.3) is 5.56 Å². The quantitative estimate of drug-likeness (QED) is 0.491. The Labute approximate surface area is 178 Å². The highest BCUT2D eigenvalue weighted by atomic mass is 32.1. The lowest BCUT2D eigenvalue weighted by Crippen LogP contribution is -2.41. The molecule has 0 amide bonds. The van der Waals surface area contributed by atoms with Crippen molar-refractivity contribution in [2.45, 2.75) is 38.8 Å². The van der Waals surface area contributed by atoms with Crippen molar-refractivity contribution in [2.75, 3.05) is 13.7 Å². The average molecular weight is 421 g/mol. The van der Waals surface area contributed by atoms with Gasteiger partial charge in [-0.25, -0.2) is 4.79 Å². The van der Waals surface area contributed by atoms with Gasteiger partial charge in [-0.3, -0.25) is 13.9 Å². The van der Waals surface area contributed by atoms with Gasteiger partial charge in [0.15, 0.2) is 0 Å². The van der Waals surface area contributed by atoms with E-state index in [1.54, 1.807) is 23.0 Å². The number of ether oxygens (including phenoxy) is 1. The molecular formula is C24H24N2O3S. The van der Waals surface area contributed by atoms with Gasteiger partial charge in [-0.15, -0.1) is 11.3 Å². The van der Waals surface area contributed by atoms with Crippen LogP contribution < -0.4 is 11.2 Å². The zero-order chi connectivity index (χ0) is 20.7.